The normalized spacial score (nSPS) is 13.2. The largest absolute Gasteiger partial charge is 0.228 e. The maximum atomic E-state index is 5.25. The zero-order chi connectivity index (χ0) is 38.0. The van der Waals surface area contributed by atoms with Crippen molar-refractivity contribution >= 4 is 33.6 Å². The number of allylic oxidation sites excluding steroid dienone is 9. The van der Waals surface area contributed by atoms with Crippen LogP contribution in [0.2, 0.25) is 0 Å². The monoisotopic (exact) mass is 708 g/mol. The minimum absolute atomic E-state index is 0.672. The fraction of sp³-hybridized carbons (Fsp3) is 0.0566. The van der Waals surface area contributed by atoms with Crippen LogP contribution in [-0.2, 0) is 0 Å². The Labute approximate surface area is 324 Å². The Hall–Kier alpha value is -6.90. The Morgan fingerprint density at radius 1 is 0.527 bits per heavy atom. The van der Waals surface area contributed by atoms with Crippen LogP contribution >= 0.6 is 0 Å². The first-order chi connectivity index (χ1) is 27.1. The van der Waals surface area contributed by atoms with E-state index < -0.39 is 0 Å². The molecule has 0 aliphatic carbocycles. The van der Waals surface area contributed by atoms with E-state index in [9.17, 15) is 0 Å². The van der Waals surface area contributed by atoms with Crippen molar-refractivity contribution in [3.63, 3.8) is 0 Å². The predicted molar refractivity (Wildman–Crippen MR) is 236 cm³/mol. The molecule has 7 aromatic rings. The summed E-state index contributed by atoms with van der Waals surface area (Å²) in [5.74, 6) is 0.672. The minimum atomic E-state index is 0.672. The lowest BCUT2D eigenvalue weighted by atomic mass is 9.88. The summed E-state index contributed by atoms with van der Waals surface area (Å²) in [5, 5.41) is 4.75. The summed E-state index contributed by atoms with van der Waals surface area (Å²) in [6, 6.07) is 53.6. The number of benzene rings is 6. The summed E-state index contributed by atoms with van der Waals surface area (Å²) in [6.07, 6.45) is 16.6. The summed E-state index contributed by atoms with van der Waals surface area (Å²) >= 11 is 0. The second-order valence-corrected chi connectivity index (χ2v) is 13.2. The third kappa shape index (κ3) is 8.20. The fourth-order valence-electron chi connectivity index (χ4n) is 7.02. The first kappa shape index (κ1) is 36.5. The smallest absolute Gasteiger partial charge is 0.160 e. The Kier molecular flexibility index (Phi) is 11.5. The second-order valence-electron chi connectivity index (χ2n) is 13.2. The third-order valence-electron chi connectivity index (χ3n) is 9.74. The molecule has 7 rings (SSSR count). The summed E-state index contributed by atoms with van der Waals surface area (Å²) in [4.78, 5) is 10.5. The van der Waals surface area contributed by atoms with Crippen LogP contribution in [0.1, 0.15) is 37.5 Å². The van der Waals surface area contributed by atoms with Gasteiger partial charge in [-0.05, 0) is 99.7 Å². The van der Waals surface area contributed by atoms with Gasteiger partial charge in [-0.25, -0.2) is 9.97 Å². The Balaban J connectivity index is 1.42. The number of hydrogen-bond acceptors (Lipinski definition) is 2. The second kappa shape index (κ2) is 17.3. The molecule has 2 nitrogen and oxygen atoms in total. The summed E-state index contributed by atoms with van der Waals surface area (Å²) in [6.45, 7) is 10.1. The van der Waals surface area contributed by atoms with E-state index in [0.717, 1.165) is 61.1 Å². The lowest BCUT2D eigenvalue weighted by Crippen LogP contribution is -2.27. The van der Waals surface area contributed by atoms with Crippen molar-refractivity contribution in [1.29, 1.82) is 0 Å². The van der Waals surface area contributed by atoms with Crippen LogP contribution in [0.25, 0.3) is 67.5 Å². The molecule has 266 valence electrons. The molecular weight excluding hydrogens is 665 g/mol. The molecule has 1 aromatic heterocycles. The van der Waals surface area contributed by atoms with Crippen LogP contribution in [0.15, 0.2) is 201 Å². The topological polar surface area (TPSA) is 25.8 Å². The maximum absolute atomic E-state index is 5.25. The molecule has 0 unspecified atom stereocenters. The summed E-state index contributed by atoms with van der Waals surface area (Å²) in [7, 11) is 0. The van der Waals surface area contributed by atoms with E-state index >= 15 is 0 Å². The van der Waals surface area contributed by atoms with Gasteiger partial charge in [-0.3, -0.25) is 0 Å². The number of rotatable bonds is 10. The molecule has 0 spiro atoms. The van der Waals surface area contributed by atoms with E-state index in [1.165, 1.54) is 21.6 Å². The van der Waals surface area contributed by atoms with E-state index in [2.05, 4.69) is 202 Å². The minimum Gasteiger partial charge on any atom is -0.228 e. The van der Waals surface area contributed by atoms with Gasteiger partial charge in [0.05, 0.1) is 11.4 Å². The van der Waals surface area contributed by atoms with E-state index in [0.29, 0.717) is 5.82 Å². The number of aromatic nitrogens is 2. The average molecular weight is 709 g/mol. The fourth-order valence-corrected chi connectivity index (χ4v) is 7.02. The van der Waals surface area contributed by atoms with Crippen molar-refractivity contribution in [3.05, 3.63) is 228 Å². The maximum Gasteiger partial charge on any atom is 0.160 e. The molecule has 0 fully saturated rings. The molecule has 0 N–H and O–H groups in total. The van der Waals surface area contributed by atoms with Crippen molar-refractivity contribution in [1.82, 2.24) is 9.97 Å². The average Bonchev–Trinajstić information content (AvgIpc) is 3.25. The van der Waals surface area contributed by atoms with Crippen LogP contribution in [-0.4, -0.2) is 9.97 Å². The molecule has 0 saturated heterocycles. The van der Waals surface area contributed by atoms with Crippen molar-refractivity contribution in [2.75, 3.05) is 0 Å². The Bertz CT molecular complexity index is 2740. The highest BCUT2D eigenvalue weighted by Crippen LogP contribution is 2.34. The highest BCUT2D eigenvalue weighted by molar-refractivity contribution is 6.06. The van der Waals surface area contributed by atoms with Gasteiger partial charge < -0.3 is 0 Å². The molecule has 0 amide bonds. The lowest BCUT2D eigenvalue weighted by molar-refractivity contribution is 1.18. The summed E-state index contributed by atoms with van der Waals surface area (Å²) in [5.41, 5.74) is 11.5. The number of nitrogens with zero attached hydrogens (tertiary/aromatic N) is 2. The quantitative estimate of drug-likeness (QED) is 0.132. The molecule has 0 atom stereocenters. The highest BCUT2D eigenvalue weighted by atomic mass is 14.9. The van der Waals surface area contributed by atoms with Gasteiger partial charge in [0, 0.05) is 16.7 Å². The van der Waals surface area contributed by atoms with Gasteiger partial charge in [0.15, 0.2) is 5.82 Å². The molecule has 0 saturated carbocycles. The highest BCUT2D eigenvalue weighted by Gasteiger charge is 2.16. The number of hydrogen-bond donors (Lipinski definition) is 0. The van der Waals surface area contributed by atoms with Gasteiger partial charge in [-0.1, -0.05) is 183 Å². The zero-order valence-electron chi connectivity index (χ0n) is 31.7. The van der Waals surface area contributed by atoms with Crippen molar-refractivity contribution < 1.29 is 0 Å². The SMILES string of the molecule is C=C/C=C\C(=C/C)c1cccc(-c2cc(-c3ccccc3)nc(-c3cccc(C(=C\C)/C(c4ccc5ccccc5c4)=c4/cccc/c4=C/C=C/C)c3)n2)c1. The van der Waals surface area contributed by atoms with Crippen molar-refractivity contribution in [3.8, 4) is 33.9 Å². The van der Waals surface area contributed by atoms with Gasteiger partial charge in [0.25, 0.3) is 0 Å². The van der Waals surface area contributed by atoms with Crippen LogP contribution in [0, 0.1) is 0 Å². The van der Waals surface area contributed by atoms with E-state index in [1.807, 2.05) is 19.1 Å². The van der Waals surface area contributed by atoms with Gasteiger partial charge in [-0.2, -0.15) is 0 Å². The van der Waals surface area contributed by atoms with Gasteiger partial charge in [0.2, 0.25) is 0 Å². The van der Waals surface area contributed by atoms with Crippen molar-refractivity contribution in [2.24, 2.45) is 0 Å². The van der Waals surface area contributed by atoms with Crippen molar-refractivity contribution in [2.45, 2.75) is 20.8 Å². The number of fused-ring (bicyclic) bond motifs is 1. The predicted octanol–water partition coefficient (Wildman–Crippen LogP) is 12.4. The molecule has 2 heteroatoms. The van der Waals surface area contributed by atoms with E-state index in [1.54, 1.807) is 6.08 Å². The zero-order valence-corrected chi connectivity index (χ0v) is 31.7. The Morgan fingerprint density at radius 2 is 1.20 bits per heavy atom. The van der Waals surface area contributed by atoms with E-state index in [4.69, 9.17) is 9.97 Å². The standard InChI is InChI=1S/C53H44N2/c1-5-9-20-38(7-3)42-27-18-29-45(34-42)51-37-50(41-24-12-11-13-25-41)54-53(55-51)47-30-19-28-44(36-47)48(8-4)52(49-31-17-16-23-40(49)21-10-6-2)46-33-32-39-22-14-15-26-43(39)35-46/h5-37H,1H2,2-4H3/b10-6+,20-9-,38-7+,40-21-,48-8+,52-49-. The first-order valence-electron chi connectivity index (χ1n) is 18.8. The van der Waals surface area contributed by atoms with Crippen LogP contribution < -0.4 is 10.4 Å². The molecular formula is C53H44N2. The lowest BCUT2D eigenvalue weighted by Gasteiger charge is -2.16. The molecule has 0 aliphatic heterocycles. The van der Waals surface area contributed by atoms with E-state index in [-0.39, 0.29) is 0 Å². The Morgan fingerprint density at radius 3 is 1.96 bits per heavy atom. The van der Waals surface area contributed by atoms with Gasteiger partial charge in [0.1, 0.15) is 0 Å². The molecule has 0 aliphatic rings. The molecule has 55 heavy (non-hydrogen) atoms. The molecule has 0 radical (unpaired) electrons. The van der Waals surface area contributed by atoms with Crippen LogP contribution in [0.3, 0.4) is 0 Å². The van der Waals surface area contributed by atoms with Gasteiger partial charge in [-0.15, -0.1) is 0 Å². The third-order valence-corrected chi connectivity index (χ3v) is 9.74. The van der Waals surface area contributed by atoms with Crippen LogP contribution in [0.4, 0.5) is 0 Å². The molecule has 1 heterocycles. The molecule has 6 aromatic carbocycles. The van der Waals surface area contributed by atoms with Crippen LogP contribution in [0.5, 0.6) is 0 Å². The molecule has 0 bridgehead atoms. The first-order valence-corrected chi connectivity index (χ1v) is 18.8. The summed E-state index contributed by atoms with van der Waals surface area (Å²) < 4.78 is 0. The van der Waals surface area contributed by atoms with Gasteiger partial charge >= 0.3 is 0 Å².